The Kier molecular flexibility index (Phi) is 3.28. The molecule has 0 radical (unpaired) electrons. The van der Waals surface area contributed by atoms with Gasteiger partial charge in [-0.15, -0.1) is 5.10 Å². The second-order valence-electron chi connectivity index (χ2n) is 4.99. The number of carbonyl (C=O) groups is 2. The summed E-state index contributed by atoms with van der Waals surface area (Å²) in [5, 5.41) is 4.18. The second kappa shape index (κ2) is 5.12. The highest BCUT2D eigenvalue weighted by molar-refractivity contribution is 5.91. The molecule has 0 N–H and O–H groups in total. The highest BCUT2D eigenvalue weighted by Crippen LogP contribution is 2.19. The Morgan fingerprint density at radius 2 is 2.24 bits per heavy atom. The van der Waals surface area contributed by atoms with Crippen LogP contribution in [0.2, 0.25) is 0 Å². The summed E-state index contributed by atoms with van der Waals surface area (Å²) in [4.78, 5) is 33.7. The first kappa shape index (κ1) is 13.5. The molecule has 110 valence electrons. The van der Waals surface area contributed by atoms with Crippen LogP contribution in [-0.2, 0) is 9.53 Å². The Bertz CT molecular complexity index is 711. The zero-order valence-corrected chi connectivity index (χ0v) is 11.8. The number of methoxy groups -OCH3 is 1. The van der Waals surface area contributed by atoms with Crippen molar-refractivity contribution < 1.29 is 14.3 Å². The monoisotopic (exact) mass is 289 g/mol. The highest BCUT2D eigenvalue weighted by Gasteiger charge is 2.33. The molecule has 8 nitrogen and oxygen atoms in total. The van der Waals surface area contributed by atoms with Crippen LogP contribution < -0.4 is 0 Å². The summed E-state index contributed by atoms with van der Waals surface area (Å²) in [5.74, 6) is -0.350. The van der Waals surface area contributed by atoms with E-state index in [2.05, 4.69) is 15.1 Å². The second-order valence-corrected chi connectivity index (χ2v) is 4.99. The van der Waals surface area contributed by atoms with E-state index >= 15 is 0 Å². The molecule has 21 heavy (non-hydrogen) atoms. The largest absolute Gasteiger partial charge is 0.469 e. The van der Waals surface area contributed by atoms with Gasteiger partial charge in [0, 0.05) is 25.0 Å². The van der Waals surface area contributed by atoms with E-state index in [1.54, 1.807) is 17.2 Å². The molecule has 0 bridgehead atoms. The lowest BCUT2D eigenvalue weighted by Gasteiger charge is -2.13. The first-order chi connectivity index (χ1) is 10.1. The third-order valence-electron chi connectivity index (χ3n) is 3.63. The van der Waals surface area contributed by atoms with Crippen molar-refractivity contribution in [3.63, 3.8) is 0 Å². The smallest absolute Gasteiger partial charge is 0.310 e. The van der Waals surface area contributed by atoms with Crippen LogP contribution in [0.5, 0.6) is 0 Å². The highest BCUT2D eigenvalue weighted by atomic mass is 16.5. The van der Waals surface area contributed by atoms with Crippen LogP contribution in [0.15, 0.2) is 12.3 Å². The van der Waals surface area contributed by atoms with E-state index in [9.17, 15) is 9.59 Å². The SMILES string of the molecule is COC(=O)C1CCN(C(=O)c2nc3nccc(C)n3n2)C1. The van der Waals surface area contributed by atoms with Gasteiger partial charge in [-0.3, -0.25) is 9.59 Å². The van der Waals surface area contributed by atoms with Gasteiger partial charge < -0.3 is 9.64 Å². The number of esters is 1. The van der Waals surface area contributed by atoms with Gasteiger partial charge in [0.1, 0.15) is 0 Å². The van der Waals surface area contributed by atoms with Crippen molar-refractivity contribution >= 4 is 17.7 Å². The van der Waals surface area contributed by atoms with Crippen molar-refractivity contribution in [1.82, 2.24) is 24.5 Å². The maximum atomic E-state index is 12.4. The minimum Gasteiger partial charge on any atom is -0.469 e. The predicted molar refractivity (Wildman–Crippen MR) is 71.5 cm³/mol. The zero-order valence-electron chi connectivity index (χ0n) is 11.8. The number of nitrogens with zero attached hydrogens (tertiary/aromatic N) is 5. The molecule has 0 spiro atoms. The molecule has 1 atom stereocenters. The molecule has 1 saturated heterocycles. The van der Waals surface area contributed by atoms with E-state index in [1.807, 2.05) is 6.92 Å². The van der Waals surface area contributed by atoms with E-state index in [-0.39, 0.29) is 23.6 Å². The molecule has 8 heteroatoms. The molecule has 0 saturated carbocycles. The zero-order chi connectivity index (χ0) is 15.0. The van der Waals surface area contributed by atoms with Gasteiger partial charge in [-0.1, -0.05) is 0 Å². The lowest BCUT2D eigenvalue weighted by atomic mass is 10.1. The number of hydrogen-bond donors (Lipinski definition) is 0. The van der Waals surface area contributed by atoms with E-state index < -0.39 is 0 Å². The molecule has 0 aromatic carbocycles. The summed E-state index contributed by atoms with van der Waals surface area (Å²) in [6, 6.07) is 1.79. The van der Waals surface area contributed by atoms with Crippen molar-refractivity contribution in [2.24, 2.45) is 5.92 Å². The summed E-state index contributed by atoms with van der Waals surface area (Å²) in [7, 11) is 1.35. The van der Waals surface area contributed by atoms with Gasteiger partial charge in [0.2, 0.25) is 5.82 Å². The number of likely N-dealkylation sites (tertiary alicyclic amines) is 1. The van der Waals surface area contributed by atoms with Gasteiger partial charge in [0.15, 0.2) is 0 Å². The quantitative estimate of drug-likeness (QED) is 0.727. The van der Waals surface area contributed by atoms with Crippen molar-refractivity contribution in [1.29, 1.82) is 0 Å². The molecule has 2 aromatic rings. The fourth-order valence-corrected chi connectivity index (χ4v) is 2.44. The molecule has 1 aliphatic heterocycles. The maximum absolute atomic E-state index is 12.4. The number of carbonyl (C=O) groups excluding carboxylic acids is 2. The topological polar surface area (TPSA) is 89.7 Å². The Labute approximate surface area is 120 Å². The fourth-order valence-electron chi connectivity index (χ4n) is 2.44. The van der Waals surface area contributed by atoms with E-state index in [1.165, 1.54) is 11.6 Å². The normalized spacial score (nSPS) is 18.2. The average molecular weight is 289 g/mol. The molecule has 3 heterocycles. The van der Waals surface area contributed by atoms with Gasteiger partial charge in [-0.25, -0.2) is 9.50 Å². The van der Waals surface area contributed by atoms with Gasteiger partial charge >= 0.3 is 5.97 Å². The lowest BCUT2D eigenvalue weighted by molar-refractivity contribution is -0.144. The Hall–Kier alpha value is -2.51. The van der Waals surface area contributed by atoms with Crippen LogP contribution in [0.3, 0.4) is 0 Å². The van der Waals surface area contributed by atoms with Crippen LogP contribution in [0, 0.1) is 12.8 Å². The van der Waals surface area contributed by atoms with Gasteiger partial charge in [-0.05, 0) is 19.4 Å². The first-order valence-corrected chi connectivity index (χ1v) is 6.65. The first-order valence-electron chi connectivity index (χ1n) is 6.65. The van der Waals surface area contributed by atoms with E-state index in [0.717, 1.165) is 5.69 Å². The van der Waals surface area contributed by atoms with Crippen LogP contribution in [0.1, 0.15) is 22.7 Å². The van der Waals surface area contributed by atoms with E-state index in [4.69, 9.17) is 4.74 Å². The van der Waals surface area contributed by atoms with Crippen LogP contribution >= 0.6 is 0 Å². The van der Waals surface area contributed by atoms with Crippen molar-refractivity contribution in [2.45, 2.75) is 13.3 Å². The summed E-state index contributed by atoms with van der Waals surface area (Å²) in [6.45, 7) is 2.70. The molecular formula is C13H15N5O3. The minimum atomic E-state index is -0.286. The van der Waals surface area contributed by atoms with Crippen molar-refractivity contribution in [2.75, 3.05) is 20.2 Å². The summed E-state index contributed by atoms with van der Waals surface area (Å²) < 4.78 is 6.24. The number of ether oxygens (including phenoxy) is 1. The van der Waals surface area contributed by atoms with Gasteiger partial charge in [0.25, 0.3) is 11.7 Å². The number of hydrogen-bond acceptors (Lipinski definition) is 6. The molecule has 1 unspecified atom stereocenters. The number of aromatic nitrogens is 4. The summed E-state index contributed by atoms with van der Waals surface area (Å²) >= 11 is 0. The van der Waals surface area contributed by atoms with Crippen LogP contribution in [0.25, 0.3) is 5.78 Å². The summed E-state index contributed by atoms with van der Waals surface area (Å²) in [6.07, 6.45) is 2.22. The van der Waals surface area contributed by atoms with Crippen LogP contribution in [-0.4, -0.2) is 56.6 Å². The van der Waals surface area contributed by atoms with Crippen molar-refractivity contribution in [3.8, 4) is 0 Å². The molecule has 1 aliphatic rings. The standard InChI is InChI=1S/C13H15N5O3/c1-8-3-5-14-13-15-10(16-18(8)13)11(19)17-6-4-9(7-17)12(20)21-2/h3,5,9H,4,6-7H2,1-2H3. The lowest BCUT2D eigenvalue weighted by Crippen LogP contribution is -2.31. The van der Waals surface area contributed by atoms with Crippen molar-refractivity contribution in [3.05, 3.63) is 23.8 Å². The third kappa shape index (κ3) is 2.32. The predicted octanol–water partition coefficient (Wildman–Crippen LogP) is 0.0678. The molecular weight excluding hydrogens is 274 g/mol. The molecule has 0 aliphatic carbocycles. The Morgan fingerprint density at radius 1 is 1.43 bits per heavy atom. The third-order valence-corrected chi connectivity index (χ3v) is 3.63. The Morgan fingerprint density at radius 3 is 2.95 bits per heavy atom. The molecule has 1 amide bonds. The molecule has 3 rings (SSSR count). The number of fused-ring (bicyclic) bond motifs is 1. The average Bonchev–Trinajstić information content (AvgIpc) is 3.13. The van der Waals surface area contributed by atoms with Gasteiger partial charge in [0.05, 0.1) is 13.0 Å². The van der Waals surface area contributed by atoms with E-state index in [0.29, 0.717) is 25.3 Å². The number of amides is 1. The number of aryl methyl sites for hydroxylation is 1. The molecule has 1 fully saturated rings. The Balaban J connectivity index is 1.81. The summed E-state index contributed by atoms with van der Waals surface area (Å²) in [5.41, 5.74) is 0.848. The van der Waals surface area contributed by atoms with Crippen LogP contribution in [0.4, 0.5) is 0 Å². The minimum absolute atomic E-state index is 0.0994. The molecule has 2 aromatic heterocycles. The fraction of sp³-hybridized carbons (Fsp3) is 0.462. The number of rotatable bonds is 2. The van der Waals surface area contributed by atoms with Gasteiger partial charge in [-0.2, -0.15) is 4.98 Å². The maximum Gasteiger partial charge on any atom is 0.310 e.